The van der Waals surface area contributed by atoms with Gasteiger partial charge in [0.15, 0.2) is 0 Å². The number of aromatic nitrogens is 2. The largest absolute Gasteiger partial charge is 0.444 e. The number of aryl methyl sites for hydroxylation is 1. The van der Waals surface area contributed by atoms with Crippen LogP contribution in [0.3, 0.4) is 0 Å². The first-order chi connectivity index (χ1) is 13.8. The van der Waals surface area contributed by atoms with Gasteiger partial charge in [0.05, 0.1) is 10.9 Å². The number of amides is 1. The van der Waals surface area contributed by atoms with E-state index in [1.165, 1.54) is 0 Å². The normalized spacial score (nSPS) is 19.9. The molecule has 1 aromatic heterocycles. The Labute approximate surface area is 172 Å². The molecular formula is C23H33N3O3. The molecule has 1 fully saturated rings. The Hall–Kier alpha value is -2.37. The second-order valence-electron chi connectivity index (χ2n) is 8.98. The lowest BCUT2D eigenvalue weighted by atomic mass is 9.90. The summed E-state index contributed by atoms with van der Waals surface area (Å²) in [5, 5.41) is 3.66. The van der Waals surface area contributed by atoms with Crippen LogP contribution in [0.4, 0.5) is 4.79 Å². The Balaban J connectivity index is 1.76. The minimum absolute atomic E-state index is 0.0604. The van der Waals surface area contributed by atoms with E-state index < -0.39 is 5.60 Å². The summed E-state index contributed by atoms with van der Waals surface area (Å²) in [5.41, 5.74) is 0.338. The molecule has 1 saturated carbocycles. The van der Waals surface area contributed by atoms with E-state index in [-0.39, 0.29) is 23.7 Å². The second kappa shape index (κ2) is 8.97. The van der Waals surface area contributed by atoms with Gasteiger partial charge >= 0.3 is 6.09 Å². The molecule has 29 heavy (non-hydrogen) atoms. The molecule has 0 unspecified atom stereocenters. The van der Waals surface area contributed by atoms with Crippen LogP contribution in [0.5, 0.6) is 0 Å². The third kappa shape index (κ3) is 5.37. The highest BCUT2D eigenvalue weighted by atomic mass is 16.6. The first-order valence-electron chi connectivity index (χ1n) is 10.8. The molecule has 0 spiro atoms. The lowest BCUT2D eigenvalue weighted by Gasteiger charge is -2.32. The Bertz CT molecular complexity index is 906. The van der Waals surface area contributed by atoms with Crippen LogP contribution in [0, 0.1) is 0 Å². The predicted molar refractivity (Wildman–Crippen MR) is 115 cm³/mol. The fourth-order valence-electron chi connectivity index (χ4n) is 4.03. The fourth-order valence-corrected chi connectivity index (χ4v) is 4.03. The molecule has 6 heteroatoms. The zero-order valence-electron chi connectivity index (χ0n) is 18.0. The Morgan fingerprint density at radius 1 is 1.21 bits per heavy atom. The van der Waals surface area contributed by atoms with Crippen molar-refractivity contribution in [2.45, 2.75) is 90.3 Å². The molecule has 1 aromatic carbocycles. The maximum atomic E-state index is 13.3. The van der Waals surface area contributed by atoms with Crippen molar-refractivity contribution in [2.75, 3.05) is 0 Å². The predicted octanol–water partition coefficient (Wildman–Crippen LogP) is 4.75. The van der Waals surface area contributed by atoms with Crippen LogP contribution in [-0.4, -0.2) is 27.3 Å². The fraction of sp³-hybridized carbons (Fsp3) is 0.609. The summed E-state index contributed by atoms with van der Waals surface area (Å²) in [6, 6.07) is 7.81. The molecule has 0 aliphatic heterocycles. The SMILES string of the molecule is CCCCc1nc2ccccc2c(=O)n1C1CCC(NC(=O)OC(C)(C)C)CC1. The average molecular weight is 400 g/mol. The summed E-state index contributed by atoms with van der Waals surface area (Å²) in [5.74, 6) is 0.888. The third-order valence-corrected chi connectivity index (χ3v) is 5.42. The molecule has 0 atom stereocenters. The van der Waals surface area contributed by atoms with Crippen molar-refractivity contribution >= 4 is 17.0 Å². The summed E-state index contributed by atoms with van der Waals surface area (Å²) in [6.07, 6.45) is 5.88. The number of carbonyl (C=O) groups is 1. The molecule has 6 nitrogen and oxygen atoms in total. The molecular weight excluding hydrogens is 366 g/mol. The van der Waals surface area contributed by atoms with E-state index in [1.807, 2.05) is 49.6 Å². The van der Waals surface area contributed by atoms with Crippen molar-refractivity contribution in [3.05, 3.63) is 40.4 Å². The van der Waals surface area contributed by atoms with Crippen molar-refractivity contribution in [1.82, 2.24) is 14.9 Å². The number of ether oxygens (including phenoxy) is 1. The number of hydrogen-bond donors (Lipinski definition) is 1. The number of alkyl carbamates (subject to hydrolysis) is 1. The Morgan fingerprint density at radius 2 is 1.90 bits per heavy atom. The lowest BCUT2D eigenvalue weighted by molar-refractivity contribution is 0.0487. The smallest absolute Gasteiger partial charge is 0.407 e. The van der Waals surface area contributed by atoms with E-state index in [2.05, 4.69) is 12.2 Å². The van der Waals surface area contributed by atoms with Crippen molar-refractivity contribution < 1.29 is 9.53 Å². The van der Waals surface area contributed by atoms with E-state index in [0.717, 1.165) is 56.3 Å². The molecule has 2 aromatic rings. The van der Waals surface area contributed by atoms with Crippen LogP contribution in [0.1, 0.15) is 78.1 Å². The minimum Gasteiger partial charge on any atom is -0.444 e. The van der Waals surface area contributed by atoms with Gasteiger partial charge in [-0.15, -0.1) is 0 Å². The maximum absolute atomic E-state index is 13.3. The van der Waals surface area contributed by atoms with Gasteiger partial charge in [0.1, 0.15) is 11.4 Å². The topological polar surface area (TPSA) is 73.2 Å². The van der Waals surface area contributed by atoms with Crippen LogP contribution in [-0.2, 0) is 11.2 Å². The van der Waals surface area contributed by atoms with Crippen LogP contribution in [0.25, 0.3) is 10.9 Å². The number of benzene rings is 1. The molecule has 158 valence electrons. The molecule has 1 N–H and O–H groups in total. The summed E-state index contributed by atoms with van der Waals surface area (Å²) < 4.78 is 7.30. The number of unbranched alkanes of at least 4 members (excludes halogenated alkanes) is 1. The van der Waals surface area contributed by atoms with Crippen molar-refractivity contribution in [2.24, 2.45) is 0 Å². The van der Waals surface area contributed by atoms with Crippen molar-refractivity contribution in [1.29, 1.82) is 0 Å². The van der Waals surface area contributed by atoms with E-state index in [1.54, 1.807) is 0 Å². The number of carbonyl (C=O) groups excluding carboxylic acids is 1. The van der Waals surface area contributed by atoms with E-state index in [9.17, 15) is 9.59 Å². The highest BCUT2D eigenvalue weighted by Crippen LogP contribution is 2.29. The number of nitrogens with zero attached hydrogens (tertiary/aromatic N) is 2. The van der Waals surface area contributed by atoms with Gasteiger partial charge in [-0.3, -0.25) is 9.36 Å². The van der Waals surface area contributed by atoms with Gasteiger partial charge in [0.2, 0.25) is 0 Å². The number of para-hydroxylation sites is 1. The first-order valence-corrected chi connectivity index (χ1v) is 10.8. The number of rotatable bonds is 5. The quantitative estimate of drug-likeness (QED) is 0.787. The van der Waals surface area contributed by atoms with Gasteiger partial charge in [-0.05, 0) is 65.0 Å². The molecule has 0 saturated heterocycles. The summed E-state index contributed by atoms with van der Waals surface area (Å²) >= 11 is 0. The Morgan fingerprint density at radius 3 is 2.55 bits per heavy atom. The standard InChI is InChI=1S/C23H33N3O3/c1-5-6-11-20-25-19-10-8-7-9-18(19)21(27)26(20)17-14-12-16(13-15-17)24-22(28)29-23(2,3)4/h7-10,16-17H,5-6,11-15H2,1-4H3,(H,24,28). The summed E-state index contributed by atoms with van der Waals surface area (Å²) in [6.45, 7) is 7.73. The molecule has 1 amide bonds. The zero-order valence-corrected chi connectivity index (χ0v) is 18.0. The van der Waals surface area contributed by atoms with Gasteiger partial charge in [-0.1, -0.05) is 25.5 Å². The number of nitrogens with one attached hydrogen (secondary N) is 1. The van der Waals surface area contributed by atoms with Crippen molar-refractivity contribution in [3.63, 3.8) is 0 Å². The van der Waals surface area contributed by atoms with Gasteiger partial charge < -0.3 is 10.1 Å². The van der Waals surface area contributed by atoms with E-state index in [0.29, 0.717) is 5.39 Å². The molecule has 1 aliphatic rings. The third-order valence-electron chi connectivity index (χ3n) is 5.42. The Kier molecular flexibility index (Phi) is 6.60. The van der Waals surface area contributed by atoms with Crippen LogP contribution < -0.4 is 10.9 Å². The average Bonchev–Trinajstić information content (AvgIpc) is 2.66. The minimum atomic E-state index is -0.500. The molecule has 3 rings (SSSR count). The van der Waals surface area contributed by atoms with Gasteiger partial charge in [0.25, 0.3) is 5.56 Å². The van der Waals surface area contributed by atoms with E-state index in [4.69, 9.17) is 9.72 Å². The second-order valence-corrected chi connectivity index (χ2v) is 8.98. The molecule has 1 heterocycles. The van der Waals surface area contributed by atoms with E-state index >= 15 is 0 Å². The highest BCUT2D eigenvalue weighted by molar-refractivity contribution is 5.77. The molecule has 0 bridgehead atoms. The first kappa shape index (κ1) is 21.3. The summed E-state index contributed by atoms with van der Waals surface area (Å²) in [4.78, 5) is 30.1. The van der Waals surface area contributed by atoms with Crippen molar-refractivity contribution in [3.8, 4) is 0 Å². The summed E-state index contributed by atoms with van der Waals surface area (Å²) in [7, 11) is 0. The highest BCUT2D eigenvalue weighted by Gasteiger charge is 2.27. The maximum Gasteiger partial charge on any atom is 0.407 e. The monoisotopic (exact) mass is 399 g/mol. The van der Waals surface area contributed by atoms with Gasteiger partial charge in [-0.25, -0.2) is 9.78 Å². The number of hydrogen-bond acceptors (Lipinski definition) is 4. The zero-order chi connectivity index (χ0) is 21.0. The molecule has 0 radical (unpaired) electrons. The molecule has 1 aliphatic carbocycles. The van der Waals surface area contributed by atoms with Gasteiger partial charge in [-0.2, -0.15) is 0 Å². The van der Waals surface area contributed by atoms with Gasteiger partial charge in [0, 0.05) is 18.5 Å². The number of fused-ring (bicyclic) bond motifs is 1. The van der Waals surface area contributed by atoms with Crippen LogP contribution >= 0.6 is 0 Å². The lowest BCUT2D eigenvalue weighted by Crippen LogP contribution is -2.42. The van der Waals surface area contributed by atoms with Crippen LogP contribution in [0.15, 0.2) is 29.1 Å². The van der Waals surface area contributed by atoms with Crippen LogP contribution in [0.2, 0.25) is 0 Å².